The SMILES string of the molecule is Cc1coc2cc3oc(=O)c(CC(=O)N[C@H](CC[S@](C)=O)C(=O)O)c(C)c3cc12. The Morgan fingerprint density at radius 2 is 1.93 bits per heavy atom. The van der Waals surface area contributed by atoms with Crippen LogP contribution in [0, 0.1) is 13.8 Å². The fourth-order valence-electron chi connectivity index (χ4n) is 3.19. The van der Waals surface area contributed by atoms with E-state index in [0.717, 1.165) is 10.9 Å². The molecule has 29 heavy (non-hydrogen) atoms. The number of furan rings is 1. The van der Waals surface area contributed by atoms with Gasteiger partial charge in [0.15, 0.2) is 0 Å². The molecule has 3 aromatic rings. The van der Waals surface area contributed by atoms with Gasteiger partial charge in [-0.2, -0.15) is 0 Å². The quantitative estimate of drug-likeness (QED) is 0.561. The van der Waals surface area contributed by atoms with Gasteiger partial charge in [-0.05, 0) is 37.5 Å². The molecule has 8 nitrogen and oxygen atoms in total. The third-order valence-corrected chi connectivity index (χ3v) is 5.65. The van der Waals surface area contributed by atoms with Gasteiger partial charge in [-0.1, -0.05) is 0 Å². The lowest BCUT2D eigenvalue weighted by Gasteiger charge is -2.14. The van der Waals surface area contributed by atoms with Gasteiger partial charge in [0.05, 0.1) is 18.2 Å². The van der Waals surface area contributed by atoms with E-state index in [1.165, 1.54) is 6.26 Å². The summed E-state index contributed by atoms with van der Waals surface area (Å²) in [7, 11) is -1.18. The molecule has 154 valence electrons. The molecule has 9 heteroatoms. The summed E-state index contributed by atoms with van der Waals surface area (Å²) >= 11 is 0. The summed E-state index contributed by atoms with van der Waals surface area (Å²) in [6, 6.07) is 2.31. The van der Waals surface area contributed by atoms with Crippen LogP contribution >= 0.6 is 0 Å². The molecule has 0 fully saturated rings. The van der Waals surface area contributed by atoms with Gasteiger partial charge in [0.1, 0.15) is 17.2 Å². The second-order valence-corrected chi connectivity index (χ2v) is 8.51. The molecule has 0 aliphatic rings. The summed E-state index contributed by atoms with van der Waals surface area (Å²) in [6.45, 7) is 3.62. The minimum absolute atomic E-state index is 0.0350. The summed E-state index contributed by atoms with van der Waals surface area (Å²) < 4.78 is 22.0. The normalized spacial score (nSPS) is 13.5. The molecule has 0 spiro atoms. The smallest absolute Gasteiger partial charge is 0.340 e. The highest BCUT2D eigenvalue weighted by Crippen LogP contribution is 2.28. The van der Waals surface area contributed by atoms with Crippen molar-refractivity contribution in [1.29, 1.82) is 0 Å². The number of carboxylic acids is 1. The van der Waals surface area contributed by atoms with Crippen LogP contribution < -0.4 is 10.9 Å². The van der Waals surface area contributed by atoms with Crippen molar-refractivity contribution < 1.29 is 27.7 Å². The number of benzene rings is 1. The minimum Gasteiger partial charge on any atom is -0.480 e. The highest BCUT2D eigenvalue weighted by atomic mass is 32.2. The predicted molar refractivity (Wildman–Crippen MR) is 109 cm³/mol. The summed E-state index contributed by atoms with van der Waals surface area (Å²) in [5.41, 5.74) is 1.99. The van der Waals surface area contributed by atoms with Crippen LogP contribution in [-0.2, 0) is 26.8 Å². The van der Waals surface area contributed by atoms with Gasteiger partial charge in [-0.25, -0.2) is 9.59 Å². The second kappa shape index (κ2) is 8.20. The zero-order valence-corrected chi connectivity index (χ0v) is 17.1. The lowest BCUT2D eigenvalue weighted by molar-refractivity contribution is -0.141. The molecule has 0 saturated heterocycles. The first-order valence-corrected chi connectivity index (χ1v) is 10.7. The highest BCUT2D eigenvalue weighted by molar-refractivity contribution is 7.84. The number of aliphatic carboxylic acids is 1. The number of hydrogen-bond donors (Lipinski definition) is 2. The summed E-state index contributed by atoms with van der Waals surface area (Å²) in [5, 5.41) is 13.2. The van der Waals surface area contributed by atoms with Gasteiger partial charge in [0, 0.05) is 39.6 Å². The molecule has 2 aromatic heterocycles. The van der Waals surface area contributed by atoms with Crippen LogP contribution in [0.15, 0.2) is 32.0 Å². The Bertz CT molecular complexity index is 1190. The number of carbonyl (C=O) groups excluding carboxylic acids is 1. The van der Waals surface area contributed by atoms with Crippen molar-refractivity contribution in [2.75, 3.05) is 12.0 Å². The van der Waals surface area contributed by atoms with E-state index in [9.17, 15) is 23.7 Å². The van der Waals surface area contributed by atoms with Gasteiger partial charge >= 0.3 is 11.6 Å². The number of aryl methyl sites for hydroxylation is 2. The second-order valence-electron chi connectivity index (χ2n) is 6.96. The molecule has 0 aliphatic carbocycles. The van der Waals surface area contributed by atoms with Gasteiger partial charge in [-0.15, -0.1) is 0 Å². The Morgan fingerprint density at radius 1 is 1.21 bits per heavy atom. The van der Waals surface area contributed by atoms with Gasteiger partial charge in [-0.3, -0.25) is 9.00 Å². The topological polar surface area (TPSA) is 127 Å². The van der Waals surface area contributed by atoms with Crippen molar-refractivity contribution >= 4 is 44.6 Å². The van der Waals surface area contributed by atoms with E-state index in [2.05, 4.69) is 5.32 Å². The molecular formula is C20H21NO7S. The van der Waals surface area contributed by atoms with E-state index in [1.54, 1.807) is 19.3 Å². The Balaban J connectivity index is 1.90. The van der Waals surface area contributed by atoms with E-state index in [1.807, 2.05) is 13.0 Å². The fraction of sp³-hybridized carbons (Fsp3) is 0.350. The standard InChI is InChI=1S/C20H21NO7S/c1-10-9-27-16-8-17-13(6-12(10)16)11(2)14(20(25)28-17)7-18(22)21-15(19(23)24)4-5-29(3)26/h6,8-9,15H,4-5,7H2,1-3H3,(H,21,22)(H,23,24)/t15-,29+/m1/s1. The molecule has 0 unspecified atom stereocenters. The van der Waals surface area contributed by atoms with E-state index < -0.39 is 34.3 Å². The summed E-state index contributed by atoms with van der Waals surface area (Å²) in [5.74, 6) is -1.69. The largest absolute Gasteiger partial charge is 0.480 e. The number of fused-ring (bicyclic) bond motifs is 2. The maximum Gasteiger partial charge on any atom is 0.340 e. The molecule has 2 atom stereocenters. The van der Waals surface area contributed by atoms with E-state index in [-0.39, 0.29) is 24.2 Å². The zero-order chi connectivity index (χ0) is 21.3. The van der Waals surface area contributed by atoms with Crippen molar-refractivity contribution in [2.45, 2.75) is 32.7 Å². The maximum absolute atomic E-state index is 12.4. The average molecular weight is 419 g/mol. The third kappa shape index (κ3) is 4.40. The van der Waals surface area contributed by atoms with Crippen molar-refractivity contribution in [3.63, 3.8) is 0 Å². The van der Waals surface area contributed by atoms with E-state index in [4.69, 9.17) is 8.83 Å². The van der Waals surface area contributed by atoms with Crippen LogP contribution in [0.4, 0.5) is 0 Å². The van der Waals surface area contributed by atoms with E-state index >= 15 is 0 Å². The van der Waals surface area contributed by atoms with Crippen LogP contribution in [0.25, 0.3) is 21.9 Å². The molecule has 0 bridgehead atoms. The lowest BCUT2D eigenvalue weighted by Crippen LogP contribution is -2.42. The first-order chi connectivity index (χ1) is 13.7. The number of nitrogens with one attached hydrogen (secondary N) is 1. The molecule has 1 amide bonds. The van der Waals surface area contributed by atoms with Crippen molar-refractivity contribution in [3.8, 4) is 0 Å². The van der Waals surface area contributed by atoms with E-state index in [0.29, 0.717) is 22.1 Å². The Labute approximate surface area is 168 Å². The average Bonchev–Trinajstić information content (AvgIpc) is 3.00. The number of rotatable bonds is 7. The zero-order valence-electron chi connectivity index (χ0n) is 16.2. The molecule has 2 heterocycles. The number of hydrogen-bond acceptors (Lipinski definition) is 6. The number of carbonyl (C=O) groups is 2. The lowest BCUT2D eigenvalue weighted by atomic mass is 10.0. The van der Waals surface area contributed by atoms with Gasteiger partial charge in [0.2, 0.25) is 5.91 Å². The molecule has 2 N–H and O–H groups in total. The minimum atomic E-state index is -1.22. The fourth-order valence-corrected chi connectivity index (χ4v) is 3.76. The van der Waals surface area contributed by atoms with Crippen LogP contribution in [-0.4, -0.2) is 39.2 Å². The molecule has 3 rings (SSSR count). The van der Waals surface area contributed by atoms with Crippen LogP contribution in [0.2, 0.25) is 0 Å². The predicted octanol–water partition coefficient (Wildman–Crippen LogP) is 2.04. The molecule has 0 radical (unpaired) electrons. The first-order valence-electron chi connectivity index (χ1n) is 8.93. The molecule has 0 saturated carbocycles. The number of amides is 1. The maximum atomic E-state index is 12.4. The van der Waals surface area contributed by atoms with Crippen LogP contribution in [0.3, 0.4) is 0 Å². The molecular weight excluding hydrogens is 398 g/mol. The highest BCUT2D eigenvalue weighted by Gasteiger charge is 2.22. The first kappa shape index (κ1) is 20.8. The third-order valence-electron chi connectivity index (χ3n) is 4.84. The van der Waals surface area contributed by atoms with Crippen molar-refractivity contribution in [3.05, 3.63) is 45.5 Å². The monoisotopic (exact) mass is 419 g/mol. The van der Waals surface area contributed by atoms with Crippen molar-refractivity contribution in [2.24, 2.45) is 0 Å². The Morgan fingerprint density at radius 3 is 2.59 bits per heavy atom. The molecule has 1 aromatic carbocycles. The molecule has 0 aliphatic heterocycles. The van der Waals surface area contributed by atoms with Gasteiger partial charge in [0.25, 0.3) is 0 Å². The van der Waals surface area contributed by atoms with Crippen LogP contribution in [0.1, 0.15) is 23.1 Å². The Kier molecular flexibility index (Phi) is 5.88. The van der Waals surface area contributed by atoms with Crippen molar-refractivity contribution in [1.82, 2.24) is 5.32 Å². The summed E-state index contributed by atoms with van der Waals surface area (Å²) in [4.78, 5) is 36.2. The van der Waals surface area contributed by atoms with Crippen LogP contribution in [0.5, 0.6) is 0 Å². The number of carboxylic acid groups (broad SMARTS) is 1. The summed E-state index contributed by atoms with van der Waals surface area (Å²) in [6.07, 6.45) is 2.79. The van der Waals surface area contributed by atoms with Gasteiger partial charge < -0.3 is 19.3 Å². The Hall–Kier alpha value is -2.94.